The maximum atomic E-state index is 12.2. The largest absolute Gasteiger partial charge is 0.356 e. The number of amides is 1. The zero-order valence-corrected chi connectivity index (χ0v) is 10.4. The van der Waals surface area contributed by atoms with Gasteiger partial charge >= 0.3 is 0 Å². The fraction of sp³-hybridized carbons (Fsp3) is 0.923. The lowest BCUT2D eigenvalue weighted by atomic mass is 9.70. The summed E-state index contributed by atoms with van der Waals surface area (Å²) in [7, 11) is 0. The summed E-state index contributed by atoms with van der Waals surface area (Å²) in [5.74, 6) is 0.832. The third kappa shape index (κ3) is 2.53. The van der Waals surface area contributed by atoms with Gasteiger partial charge in [0.1, 0.15) is 0 Å². The Labute approximate surface area is 93.8 Å². The first kappa shape index (κ1) is 12.5. The van der Waals surface area contributed by atoms with Gasteiger partial charge in [-0.1, -0.05) is 33.1 Å². The molecule has 0 spiro atoms. The first-order chi connectivity index (χ1) is 7.17. The summed E-state index contributed by atoms with van der Waals surface area (Å²) in [5.41, 5.74) is -0.0769. The lowest BCUT2D eigenvalue weighted by Crippen LogP contribution is -2.44. The Balaban J connectivity index is 2.82. The minimum Gasteiger partial charge on any atom is -0.356 e. The molecule has 0 aromatic rings. The molecule has 0 saturated heterocycles. The summed E-state index contributed by atoms with van der Waals surface area (Å²) in [6, 6.07) is 0. The van der Waals surface area contributed by atoms with Crippen LogP contribution in [0.1, 0.15) is 59.3 Å². The van der Waals surface area contributed by atoms with E-state index < -0.39 is 0 Å². The Kier molecular flexibility index (Phi) is 4.62. The third-order valence-corrected chi connectivity index (χ3v) is 4.12. The van der Waals surface area contributed by atoms with E-state index in [4.69, 9.17) is 0 Å². The van der Waals surface area contributed by atoms with E-state index in [0.29, 0.717) is 11.8 Å². The van der Waals surface area contributed by atoms with E-state index in [9.17, 15) is 4.79 Å². The molecule has 0 bridgehead atoms. The van der Waals surface area contributed by atoms with Gasteiger partial charge in [-0.05, 0) is 32.1 Å². The zero-order chi connectivity index (χ0) is 11.3. The molecule has 2 nitrogen and oxygen atoms in total. The minimum absolute atomic E-state index is 0.0769. The van der Waals surface area contributed by atoms with Crippen molar-refractivity contribution in [3.05, 3.63) is 0 Å². The van der Waals surface area contributed by atoms with Crippen molar-refractivity contribution in [3.8, 4) is 0 Å². The minimum atomic E-state index is -0.0769. The number of carbonyl (C=O) groups excluding carboxylic acids is 1. The predicted molar refractivity (Wildman–Crippen MR) is 63.7 cm³/mol. The van der Waals surface area contributed by atoms with Crippen LogP contribution in [0.3, 0.4) is 0 Å². The molecule has 2 unspecified atom stereocenters. The monoisotopic (exact) mass is 211 g/mol. The van der Waals surface area contributed by atoms with Gasteiger partial charge in [0, 0.05) is 6.54 Å². The van der Waals surface area contributed by atoms with Gasteiger partial charge in [0.05, 0.1) is 5.41 Å². The fourth-order valence-corrected chi connectivity index (χ4v) is 2.95. The van der Waals surface area contributed by atoms with Crippen molar-refractivity contribution in [3.63, 3.8) is 0 Å². The SMILES string of the molecule is CCNC(=O)C1(CC)CCCCCC1C. The molecule has 0 aromatic heterocycles. The zero-order valence-electron chi connectivity index (χ0n) is 10.4. The topological polar surface area (TPSA) is 29.1 Å². The molecule has 0 aliphatic heterocycles. The van der Waals surface area contributed by atoms with E-state index in [1.54, 1.807) is 0 Å². The highest BCUT2D eigenvalue weighted by molar-refractivity contribution is 5.82. The molecule has 1 amide bonds. The molecule has 0 radical (unpaired) electrons. The molecule has 1 fully saturated rings. The summed E-state index contributed by atoms with van der Waals surface area (Å²) in [4.78, 5) is 12.2. The van der Waals surface area contributed by atoms with Gasteiger partial charge in [-0.3, -0.25) is 4.79 Å². The summed E-state index contributed by atoms with van der Waals surface area (Å²) in [5, 5.41) is 3.03. The van der Waals surface area contributed by atoms with Crippen LogP contribution in [0.15, 0.2) is 0 Å². The van der Waals surface area contributed by atoms with Crippen LogP contribution in [0.2, 0.25) is 0 Å². The Morgan fingerprint density at radius 1 is 1.33 bits per heavy atom. The molecule has 1 saturated carbocycles. The van der Waals surface area contributed by atoms with Crippen molar-refractivity contribution in [2.24, 2.45) is 11.3 Å². The molecule has 15 heavy (non-hydrogen) atoms. The Morgan fingerprint density at radius 3 is 2.67 bits per heavy atom. The normalized spacial score (nSPS) is 32.1. The van der Waals surface area contributed by atoms with Crippen LogP contribution >= 0.6 is 0 Å². The Morgan fingerprint density at radius 2 is 2.07 bits per heavy atom. The molecule has 0 heterocycles. The average Bonchev–Trinajstić information content (AvgIpc) is 2.41. The van der Waals surface area contributed by atoms with Crippen molar-refractivity contribution >= 4 is 5.91 Å². The Bertz CT molecular complexity index is 215. The van der Waals surface area contributed by atoms with Gasteiger partial charge in [-0.25, -0.2) is 0 Å². The molecule has 1 N–H and O–H groups in total. The van der Waals surface area contributed by atoms with Crippen LogP contribution in [-0.2, 0) is 4.79 Å². The molecule has 2 atom stereocenters. The van der Waals surface area contributed by atoms with Crippen molar-refractivity contribution in [2.45, 2.75) is 59.3 Å². The van der Waals surface area contributed by atoms with Gasteiger partial charge in [0.25, 0.3) is 0 Å². The van der Waals surface area contributed by atoms with Crippen molar-refractivity contribution < 1.29 is 4.79 Å². The van der Waals surface area contributed by atoms with E-state index in [1.807, 2.05) is 6.92 Å². The standard InChI is InChI=1S/C13H25NO/c1-4-13(12(15)14-5-2)10-8-6-7-9-11(13)3/h11H,4-10H2,1-3H3,(H,14,15). The van der Waals surface area contributed by atoms with Crippen LogP contribution in [0.25, 0.3) is 0 Å². The number of carbonyl (C=O) groups is 1. The second kappa shape index (κ2) is 5.53. The maximum absolute atomic E-state index is 12.2. The van der Waals surface area contributed by atoms with Crippen molar-refractivity contribution in [2.75, 3.05) is 6.54 Å². The predicted octanol–water partition coefficient (Wildman–Crippen LogP) is 3.12. The van der Waals surface area contributed by atoms with Crippen LogP contribution in [0.4, 0.5) is 0 Å². The van der Waals surface area contributed by atoms with Crippen molar-refractivity contribution in [1.82, 2.24) is 5.32 Å². The lowest BCUT2D eigenvalue weighted by molar-refractivity contribution is -0.134. The summed E-state index contributed by atoms with van der Waals surface area (Å²) >= 11 is 0. The molecule has 1 aliphatic rings. The number of hydrogen-bond acceptors (Lipinski definition) is 1. The third-order valence-electron chi connectivity index (χ3n) is 4.12. The molecule has 2 heteroatoms. The first-order valence-corrected chi connectivity index (χ1v) is 6.45. The fourth-order valence-electron chi connectivity index (χ4n) is 2.95. The van der Waals surface area contributed by atoms with Gasteiger partial charge in [-0.2, -0.15) is 0 Å². The molecular formula is C13H25NO. The molecule has 1 rings (SSSR count). The summed E-state index contributed by atoms with van der Waals surface area (Å²) < 4.78 is 0. The van der Waals surface area contributed by atoms with Crippen LogP contribution in [-0.4, -0.2) is 12.5 Å². The smallest absolute Gasteiger partial charge is 0.226 e. The average molecular weight is 211 g/mol. The van der Waals surface area contributed by atoms with Gasteiger partial charge in [0.15, 0.2) is 0 Å². The van der Waals surface area contributed by atoms with Crippen LogP contribution in [0.5, 0.6) is 0 Å². The van der Waals surface area contributed by atoms with E-state index in [-0.39, 0.29) is 5.41 Å². The Hall–Kier alpha value is -0.530. The number of rotatable bonds is 3. The second-order valence-corrected chi connectivity index (χ2v) is 4.87. The summed E-state index contributed by atoms with van der Waals surface area (Å²) in [6.07, 6.45) is 7.09. The molecule has 1 aliphatic carbocycles. The van der Waals surface area contributed by atoms with Gasteiger partial charge in [-0.15, -0.1) is 0 Å². The van der Waals surface area contributed by atoms with Gasteiger partial charge in [0.2, 0.25) is 5.91 Å². The first-order valence-electron chi connectivity index (χ1n) is 6.45. The summed E-state index contributed by atoms with van der Waals surface area (Å²) in [6.45, 7) is 7.18. The number of nitrogens with one attached hydrogen (secondary N) is 1. The van der Waals surface area contributed by atoms with Crippen LogP contribution < -0.4 is 5.32 Å². The lowest BCUT2D eigenvalue weighted by Gasteiger charge is -2.35. The van der Waals surface area contributed by atoms with E-state index >= 15 is 0 Å². The van der Waals surface area contributed by atoms with E-state index in [2.05, 4.69) is 19.2 Å². The molecular weight excluding hydrogens is 186 g/mol. The van der Waals surface area contributed by atoms with Gasteiger partial charge < -0.3 is 5.32 Å². The molecule has 0 aromatic carbocycles. The quantitative estimate of drug-likeness (QED) is 0.714. The molecule has 88 valence electrons. The van der Waals surface area contributed by atoms with Crippen LogP contribution in [0, 0.1) is 11.3 Å². The second-order valence-electron chi connectivity index (χ2n) is 4.87. The van der Waals surface area contributed by atoms with Crippen molar-refractivity contribution in [1.29, 1.82) is 0 Å². The highest BCUT2D eigenvalue weighted by Crippen LogP contribution is 2.42. The maximum Gasteiger partial charge on any atom is 0.226 e. The highest BCUT2D eigenvalue weighted by Gasteiger charge is 2.41. The number of hydrogen-bond donors (Lipinski definition) is 1. The van der Waals surface area contributed by atoms with E-state index in [0.717, 1.165) is 19.4 Å². The van der Waals surface area contributed by atoms with E-state index in [1.165, 1.54) is 25.7 Å². The highest BCUT2D eigenvalue weighted by atomic mass is 16.2.